The number of nitrogens with zero attached hydrogens (tertiary/aromatic N) is 1. The number of nitrogens with one attached hydrogen (secondary N) is 2. The van der Waals surface area contributed by atoms with Gasteiger partial charge in [0.15, 0.2) is 5.13 Å². The molecule has 134 valence electrons. The Balaban J connectivity index is 1.67. The third kappa shape index (κ3) is 4.34. The molecule has 3 aromatic rings. The number of hydrogen-bond donors (Lipinski definition) is 2. The van der Waals surface area contributed by atoms with Crippen LogP contribution >= 0.6 is 11.3 Å². The first kappa shape index (κ1) is 18.2. The van der Waals surface area contributed by atoms with Gasteiger partial charge in [-0.15, -0.1) is 11.3 Å². The molecule has 1 amide bonds. The SMILES string of the molecule is CNS(=O)(=O)c1ccc(C(=O)Nc2ncc(Cc3ccccc3)s2)cc1. The van der Waals surface area contributed by atoms with E-state index in [4.69, 9.17) is 0 Å². The zero-order chi connectivity index (χ0) is 18.6. The molecule has 0 saturated carbocycles. The molecule has 0 bridgehead atoms. The number of thiazole rings is 1. The number of amides is 1. The summed E-state index contributed by atoms with van der Waals surface area (Å²) in [6.45, 7) is 0. The van der Waals surface area contributed by atoms with Crippen LogP contribution in [0.2, 0.25) is 0 Å². The van der Waals surface area contributed by atoms with Gasteiger partial charge in [-0.1, -0.05) is 30.3 Å². The van der Waals surface area contributed by atoms with Crippen molar-refractivity contribution in [2.75, 3.05) is 12.4 Å². The van der Waals surface area contributed by atoms with Gasteiger partial charge in [0.05, 0.1) is 4.90 Å². The molecule has 2 aromatic carbocycles. The predicted molar refractivity (Wildman–Crippen MR) is 102 cm³/mol. The van der Waals surface area contributed by atoms with Gasteiger partial charge < -0.3 is 0 Å². The number of benzene rings is 2. The smallest absolute Gasteiger partial charge is 0.257 e. The lowest BCUT2D eigenvalue weighted by Gasteiger charge is -2.04. The summed E-state index contributed by atoms with van der Waals surface area (Å²) in [5.74, 6) is -0.334. The van der Waals surface area contributed by atoms with Crippen LogP contribution in [0, 0.1) is 0 Å². The summed E-state index contributed by atoms with van der Waals surface area (Å²) in [7, 11) is -2.18. The van der Waals surface area contributed by atoms with Gasteiger partial charge in [0.1, 0.15) is 0 Å². The molecule has 0 radical (unpaired) electrons. The lowest BCUT2D eigenvalue weighted by molar-refractivity contribution is 0.102. The van der Waals surface area contributed by atoms with Gasteiger partial charge in [0.25, 0.3) is 5.91 Å². The highest BCUT2D eigenvalue weighted by Gasteiger charge is 2.13. The Labute approximate surface area is 156 Å². The normalized spacial score (nSPS) is 11.3. The number of hydrogen-bond acceptors (Lipinski definition) is 5. The van der Waals surface area contributed by atoms with Crippen LogP contribution in [0.4, 0.5) is 5.13 Å². The number of rotatable bonds is 6. The Morgan fingerprint density at radius 3 is 2.42 bits per heavy atom. The van der Waals surface area contributed by atoms with Crippen LogP contribution in [0.5, 0.6) is 0 Å². The van der Waals surface area contributed by atoms with Crippen LogP contribution < -0.4 is 10.0 Å². The van der Waals surface area contributed by atoms with Crippen molar-refractivity contribution in [1.29, 1.82) is 0 Å². The van der Waals surface area contributed by atoms with E-state index in [2.05, 4.69) is 15.0 Å². The first-order chi connectivity index (χ1) is 12.5. The van der Waals surface area contributed by atoms with Gasteiger partial charge in [0, 0.05) is 23.1 Å². The molecule has 0 atom stereocenters. The fourth-order valence-corrected chi connectivity index (χ4v) is 3.89. The van der Waals surface area contributed by atoms with Crippen LogP contribution in [0.15, 0.2) is 65.7 Å². The molecule has 0 unspecified atom stereocenters. The third-order valence-electron chi connectivity index (χ3n) is 3.69. The predicted octanol–water partition coefficient (Wildman–Crippen LogP) is 2.89. The minimum Gasteiger partial charge on any atom is -0.298 e. The van der Waals surface area contributed by atoms with Crippen LogP contribution in [-0.4, -0.2) is 26.4 Å². The van der Waals surface area contributed by atoms with Gasteiger partial charge in [-0.3, -0.25) is 10.1 Å². The van der Waals surface area contributed by atoms with Crippen LogP contribution in [-0.2, 0) is 16.4 Å². The van der Waals surface area contributed by atoms with Crippen LogP contribution in [0.25, 0.3) is 0 Å². The fraction of sp³-hybridized carbons (Fsp3) is 0.111. The molecule has 2 N–H and O–H groups in total. The largest absolute Gasteiger partial charge is 0.298 e. The molecule has 0 saturated heterocycles. The molecule has 8 heteroatoms. The second-order valence-electron chi connectivity index (χ2n) is 5.48. The van der Waals surface area contributed by atoms with Crippen molar-refractivity contribution in [1.82, 2.24) is 9.71 Å². The Morgan fingerprint density at radius 1 is 1.08 bits per heavy atom. The Bertz CT molecular complexity index is 998. The van der Waals surface area contributed by atoms with Gasteiger partial charge in [-0.2, -0.15) is 0 Å². The molecule has 3 rings (SSSR count). The first-order valence-corrected chi connectivity index (χ1v) is 10.1. The molecular formula is C18H17N3O3S2. The molecule has 0 aliphatic heterocycles. The second-order valence-corrected chi connectivity index (χ2v) is 8.48. The summed E-state index contributed by atoms with van der Waals surface area (Å²) >= 11 is 1.41. The van der Waals surface area contributed by atoms with E-state index in [0.29, 0.717) is 10.7 Å². The molecule has 26 heavy (non-hydrogen) atoms. The average Bonchev–Trinajstić information content (AvgIpc) is 3.09. The maximum Gasteiger partial charge on any atom is 0.257 e. The first-order valence-electron chi connectivity index (χ1n) is 7.81. The van der Waals surface area contributed by atoms with E-state index in [-0.39, 0.29) is 10.8 Å². The molecule has 1 aromatic heterocycles. The highest BCUT2D eigenvalue weighted by molar-refractivity contribution is 7.89. The molecule has 0 aliphatic carbocycles. The summed E-state index contributed by atoms with van der Waals surface area (Å²) in [5, 5.41) is 3.25. The zero-order valence-corrected chi connectivity index (χ0v) is 15.6. The van der Waals surface area contributed by atoms with Crippen molar-refractivity contribution in [3.63, 3.8) is 0 Å². The Morgan fingerprint density at radius 2 is 1.77 bits per heavy atom. The number of carbonyl (C=O) groups excluding carboxylic acids is 1. The second kappa shape index (κ2) is 7.77. The fourth-order valence-electron chi connectivity index (χ4n) is 2.32. The number of anilines is 1. The van der Waals surface area contributed by atoms with Crippen molar-refractivity contribution in [3.05, 3.63) is 76.8 Å². The topological polar surface area (TPSA) is 88.2 Å². The molecule has 0 aliphatic rings. The summed E-state index contributed by atoms with van der Waals surface area (Å²) in [6.07, 6.45) is 2.50. The van der Waals surface area contributed by atoms with E-state index < -0.39 is 10.0 Å². The van der Waals surface area contributed by atoms with Gasteiger partial charge in [0.2, 0.25) is 10.0 Å². The van der Waals surface area contributed by atoms with Gasteiger partial charge in [-0.05, 0) is 36.9 Å². The van der Waals surface area contributed by atoms with Gasteiger partial charge >= 0.3 is 0 Å². The van der Waals surface area contributed by atoms with E-state index in [0.717, 1.165) is 11.3 Å². The number of carbonyl (C=O) groups is 1. The van der Waals surface area contributed by atoms with E-state index in [1.807, 2.05) is 30.3 Å². The highest BCUT2D eigenvalue weighted by Crippen LogP contribution is 2.22. The molecule has 1 heterocycles. The van der Waals surface area contributed by atoms with Crippen LogP contribution in [0.1, 0.15) is 20.8 Å². The zero-order valence-electron chi connectivity index (χ0n) is 14.0. The Hall–Kier alpha value is -2.55. The van der Waals surface area contributed by atoms with Crippen molar-refractivity contribution >= 4 is 32.4 Å². The number of aromatic nitrogens is 1. The molecule has 0 fully saturated rings. The summed E-state index contributed by atoms with van der Waals surface area (Å²) in [4.78, 5) is 17.7. The minimum absolute atomic E-state index is 0.107. The van der Waals surface area contributed by atoms with E-state index >= 15 is 0 Å². The van der Waals surface area contributed by atoms with Crippen LogP contribution in [0.3, 0.4) is 0 Å². The molecular weight excluding hydrogens is 370 g/mol. The maximum atomic E-state index is 12.3. The van der Waals surface area contributed by atoms with Crippen molar-refractivity contribution in [3.8, 4) is 0 Å². The van der Waals surface area contributed by atoms with E-state index in [1.54, 1.807) is 6.20 Å². The Kier molecular flexibility index (Phi) is 5.46. The molecule has 6 nitrogen and oxygen atoms in total. The lowest BCUT2D eigenvalue weighted by Crippen LogP contribution is -2.19. The van der Waals surface area contributed by atoms with Crippen molar-refractivity contribution in [2.45, 2.75) is 11.3 Å². The third-order valence-corrected chi connectivity index (χ3v) is 6.03. The maximum absolute atomic E-state index is 12.3. The highest BCUT2D eigenvalue weighted by atomic mass is 32.2. The monoisotopic (exact) mass is 387 g/mol. The van der Waals surface area contributed by atoms with Crippen molar-refractivity contribution in [2.24, 2.45) is 0 Å². The van der Waals surface area contributed by atoms with Gasteiger partial charge in [-0.25, -0.2) is 18.1 Å². The van der Waals surface area contributed by atoms with Crippen molar-refractivity contribution < 1.29 is 13.2 Å². The minimum atomic E-state index is -3.52. The summed E-state index contributed by atoms with van der Waals surface area (Å²) < 4.78 is 25.6. The van der Waals surface area contributed by atoms with E-state index in [1.165, 1.54) is 48.2 Å². The average molecular weight is 387 g/mol. The quantitative estimate of drug-likeness (QED) is 0.681. The lowest BCUT2D eigenvalue weighted by atomic mass is 10.1. The standard InChI is InChI=1S/C18H17N3O3S2/c1-19-26(23,24)16-9-7-14(8-10-16)17(22)21-18-20-12-15(25-18)11-13-5-3-2-4-6-13/h2-10,12,19H,11H2,1H3,(H,20,21,22). The summed E-state index contributed by atoms with van der Waals surface area (Å²) in [6, 6.07) is 15.7. The number of sulfonamides is 1. The summed E-state index contributed by atoms with van der Waals surface area (Å²) in [5.41, 5.74) is 1.54. The van der Waals surface area contributed by atoms with E-state index in [9.17, 15) is 13.2 Å². The molecule has 0 spiro atoms.